The van der Waals surface area contributed by atoms with Gasteiger partial charge in [0.25, 0.3) is 0 Å². The lowest BCUT2D eigenvalue weighted by molar-refractivity contribution is -0.242. The minimum absolute atomic E-state index is 0.0428. The van der Waals surface area contributed by atoms with Crippen molar-refractivity contribution in [2.75, 3.05) is 34.4 Å². The highest BCUT2D eigenvalue weighted by Gasteiger charge is 2.40. The molecule has 3 aliphatic heterocycles. The lowest BCUT2D eigenvalue weighted by Gasteiger charge is -2.40. The number of carbonyl (C=O) groups is 2. The van der Waals surface area contributed by atoms with E-state index in [2.05, 4.69) is 52.0 Å². The molecule has 3 aliphatic rings. The summed E-state index contributed by atoms with van der Waals surface area (Å²) in [6.07, 6.45) is 2.18. The average molecular weight is 721 g/mol. The van der Waals surface area contributed by atoms with E-state index in [1.165, 1.54) is 6.92 Å². The predicted molar refractivity (Wildman–Crippen MR) is 191 cm³/mol. The van der Waals surface area contributed by atoms with E-state index in [9.17, 15) is 19.8 Å². The predicted octanol–water partition coefficient (Wildman–Crippen LogP) is 3.23. The molecular formula is C37H72N2O11. The van der Waals surface area contributed by atoms with Gasteiger partial charge in [0.05, 0.1) is 42.4 Å². The Morgan fingerprint density at radius 3 is 2.08 bits per heavy atom. The number of nitrogens with zero attached hydrogens (tertiary/aromatic N) is 1. The van der Waals surface area contributed by atoms with Gasteiger partial charge in [-0.1, -0.05) is 34.6 Å². The van der Waals surface area contributed by atoms with Crippen LogP contribution in [0.2, 0.25) is 0 Å². The maximum Gasteiger partial charge on any atom is 0.308 e. The number of carbonyl (C=O) groups excluding carboxylic acids is 2. The maximum atomic E-state index is 13.0. The van der Waals surface area contributed by atoms with Crippen molar-refractivity contribution in [3.05, 3.63) is 0 Å². The van der Waals surface area contributed by atoms with Gasteiger partial charge in [-0.15, -0.1) is 0 Å². The van der Waals surface area contributed by atoms with E-state index in [0.717, 1.165) is 32.8 Å². The van der Waals surface area contributed by atoms with Gasteiger partial charge in [0.15, 0.2) is 12.6 Å². The highest BCUT2D eigenvalue weighted by atomic mass is 16.7. The van der Waals surface area contributed by atoms with E-state index in [4.69, 9.17) is 33.9 Å². The van der Waals surface area contributed by atoms with Crippen LogP contribution in [0.15, 0.2) is 0 Å². The number of esters is 1. The smallest absolute Gasteiger partial charge is 0.308 e. The van der Waals surface area contributed by atoms with E-state index in [1.54, 1.807) is 13.8 Å². The Morgan fingerprint density at radius 1 is 0.900 bits per heavy atom. The first-order valence-corrected chi connectivity index (χ1v) is 18.5. The first-order chi connectivity index (χ1) is 23.3. The van der Waals surface area contributed by atoms with Gasteiger partial charge in [0, 0.05) is 38.6 Å². The van der Waals surface area contributed by atoms with Crippen LogP contribution >= 0.6 is 0 Å². The number of hydrogen-bond donors (Lipinski definition) is 5. The number of hydrogen-bond acceptors (Lipinski definition) is 12. The van der Waals surface area contributed by atoms with Crippen LogP contribution in [-0.4, -0.2) is 132 Å². The third-order valence-electron chi connectivity index (χ3n) is 9.59. The fourth-order valence-electron chi connectivity index (χ4n) is 6.59. The Bertz CT molecular complexity index is 943. The van der Waals surface area contributed by atoms with E-state index in [1.807, 2.05) is 13.8 Å². The molecule has 0 aromatic carbocycles. The zero-order valence-corrected chi connectivity index (χ0v) is 33.0. The van der Waals surface area contributed by atoms with Crippen LogP contribution in [0.5, 0.6) is 0 Å². The molecule has 3 rings (SSSR count). The number of ether oxygens (including phenoxy) is 5. The van der Waals surface area contributed by atoms with Crippen molar-refractivity contribution in [1.29, 1.82) is 0 Å². The first kappa shape index (κ1) is 46.6. The molecule has 13 heteroatoms. The molecule has 0 spiro atoms. The van der Waals surface area contributed by atoms with Gasteiger partial charge in [-0.25, -0.2) is 0 Å². The summed E-state index contributed by atoms with van der Waals surface area (Å²) in [4.78, 5) is 28.0. The standard InChI is InChI=1S/C29H54N2O8.C7H14O2.CH4O/c1-17(2)15-36-24-12-19(4)30-27(33)21(6)26(32)29(7,35)16-37-28(34)18(3)10-11-23(24)39-25-14-22(31(8)9)13-20(5)38-25;1-5-3-6(2)9-7(8)4-5;1-2/h17-26,32,35H,10-16H2,1-9H3,(H,30,33);5-8H,3-4H2,1-2H3;2H,1H3/t18?,19-,20?,21?,22?,23-,24?,25?,26?,29-;5?,6?,7-;/m11./s1. The second-order valence-corrected chi connectivity index (χ2v) is 15.7. The third kappa shape index (κ3) is 16.5. The fraction of sp³-hybridized carbons (Fsp3) is 0.946. The maximum absolute atomic E-state index is 13.0. The molecule has 0 radical (unpaired) electrons. The number of amides is 1. The Morgan fingerprint density at radius 2 is 1.52 bits per heavy atom. The van der Waals surface area contributed by atoms with Crippen molar-refractivity contribution < 1.29 is 53.7 Å². The molecule has 0 bridgehead atoms. The summed E-state index contributed by atoms with van der Waals surface area (Å²) in [5.74, 6) is -1.35. The van der Waals surface area contributed by atoms with Crippen LogP contribution in [0.4, 0.5) is 0 Å². The molecule has 50 heavy (non-hydrogen) atoms. The van der Waals surface area contributed by atoms with Gasteiger partial charge in [0.2, 0.25) is 5.91 Å². The highest BCUT2D eigenvalue weighted by molar-refractivity contribution is 5.79. The Balaban J connectivity index is 0.000000969. The van der Waals surface area contributed by atoms with Crippen LogP contribution < -0.4 is 5.32 Å². The molecule has 0 aromatic heterocycles. The summed E-state index contributed by atoms with van der Waals surface area (Å²) >= 11 is 0. The molecule has 9 unspecified atom stereocenters. The minimum atomic E-state index is -1.78. The van der Waals surface area contributed by atoms with Crippen LogP contribution in [0.1, 0.15) is 107 Å². The SMILES string of the molecule is CC(C)COC1C[C@@H](C)NC(=O)C(C)C(O)[C@](C)(O)COC(=O)C(C)CC[C@H]1OC1CC(N(C)C)CC(C)O1.CC1CC(C)O[C@@H](O)C1.CO. The number of nitrogens with one attached hydrogen (secondary N) is 1. The van der Waals surface area contributed by atoms with Crippen molar-refractivity contribution in [2.45, 2.75) is 168 Å². The van der Waals surface area contributed by atoms with Gasteiger partial charge in [-0.3, -0.25) is 9.59 Å². The van der Waals surface area contributed by atoms with Crippen molar-refractivity contribution in [1.82, 2.24) is 10.2 Å². The van der Waals surface area contributed by atoms with E-state index >= 15 is 0 Å². The second-order valence-electron chi connectivity index (χ2n) is 15.7. The number of aliphatic hydroxyl groups excluding tert-OH is 3. The van der Waals surface area contributed by atoms with Crippen molar-refractivity contribution >= 4 is 11.9 Å². The molecule has 1 amide bonds. The Hall–Kier alpha value is -1.42. The fourth-order valence-corrected chi connectivity index (χ4v) is 6.59. The van der Waals surface area contributed by atoms with Crippen LogP contribution in [0.3, 0.4) is 0 Å². The van der Waals surface area contributed by atoms with Gasteiger partial charge < -0.3 is 54.3 Å². The monoisotopic (exact) mass is 721 g/mol. The lowest BCUT2D eigenvalue weighted by atomic mass is 9.89. The summed E-state index contributed by atoms with van der Waals surface area (Å²) in [6, 6.07) is 0.0328. The Kier molecular flexibility index (Phi) is 21.1. The van der Waals surface area contributed by atoms with Crippen LogP contribution in [-0.2, 0) is 33.3 Å². The summed E-state index contributed by atoms with van der Waals surface area (Å²) in [5, 5.41) is 40.5. The molecule has 13 atom stereocenters. The molecular weight excluding hydrogens is 648 g/mol. The quantitative estimate of drug-likeness (QED) is 0.254. The molecule has 3 fully saturated rings. The van der Waals surface area contributed by atoms with Gasteiger partial charge in [0.1, 0.15) is 12.2 Å². The summed E-state index contributed by atoms with van der Waals surface area (Å²) in [7, 11) is 5.12. The Labute approximate surface area is 301 Å². The van der Waals surface area contributed by atoms with E-state index < -0.39 is 54.6 Å². The zero-order chi connectivity index (χ0) is 38.3. The van der Waals surface area contributed by atoms with E-state index in [0.29, 0.717) is 43.7 Å². The zero-order valence-electron chi connectivity index (χ0n) is 33.0. The molecule has 3 heterocycles. The molecule has 0 aromatic rings. The normalized spacial score (nSPS) is 39.5. The van der Waals surface area contributed by atoms with E-state index in [-0.39, 0.29) is 30.5 Å². The molecule has 0 aliphatic carbocycles. The summed E-state index contributed by atoms with van der Waals surface area (Å²) < 4.78 is 29.7. The van der Waals surface area contributed by atoms with Gasteiger partial charge in [-0.2, -0.15) is 0 Å². The van der Waals surface area contributed by atoms with Gasteiger partial charge >= 0.3 is 5.97 Å². The van der Waals surface area contributed by atoms with Gasteiger partial charge in [-0.05, 0) is 85.7 Å². The minimum Gasteiger partial charge on any atom is -0.462 e. The molecule has 0 saturated carbocycles. The largest absolute Gasteiger partial charge is 0.462 e. The molecule has 5 N–H and O–H groups in total. The average Bonchev–Trinajstić information content (AvgIpc) is 3.02. The first-order valence-electron chi connectivity index (χ1n) is 18.5. The number of rotatable bonds is 6. The number of aliphatic hydroxyl groups is 4. The number of cyclic esters (lactones) is 1. The molecule has 296 valence electrons. The summed E-state index contributed by atoms with van der Waals surface area (Å²) in [6.45, 7) is 17.0. The van der Waals surface area contributed by atoms with Crippen LogP contribution in [0, 0.1) is 23.7 Å². The van der Waals surface area contributed by atoms with Crippen molar-refractivity contribution in [3.8, 4) is 0 Å². The highest BCUT2D eigenvalue weighted by Crippen LogP contribution is 2.29. The topological polar surface area (TPSA) is 176 Å². The molecule has 3 saturated heterocycles. The molecule has 13 nitrogen and oxygen atoms in total. The van der Waals surface area contributed by atoms with Crippen LogP contribution in [0.25, 0.3) is 0 Å². The third-order valence-corrected chi connectivity index (χ3v) is 9.59. The van der Waals surface area contributed by atoms with Crippen molar-refractivity contribution in [3.63, 3.8) is 0 Å². The van der Waals surface area contributed by atoms with Crippen molar-refractivity contribution in [2.24, 2.45) is 23.7 Å². The second kappa shape index (κ2) is 22.6. The lowest BCUT2D eigenvalue weighted by Crippen LogP contribution is -2.52. The summed E-state index contributed by atoms with van der Waals surface area (Å²) in [5.41, 5.74) is -1.78.